The Hall–Kier alpha value is -3.03. The van der Waals surface area contributed by atoms with Gasteiger partial charge in [-0.1, -0.05) is 12.1 Å². The van der Waals surface area contributed by atoms with Crippen LogP contribution in [-0.2, 0) is 6.54 Å². The van der Waals surface area contributed by atoms with Crippen LogP contribution in [0.3, 0.4) is 0 Å². The van der Waals surface area contributed by atoms with Crippen LogP contribution in [0.15, 0.2) is 43.0 Å². The first kappa shape index (κ1) is 12.0. The van der Waals surface area contributed by atoms with Crippen LogP contribution < -0.4 is 5.32 Å². The minimum Gasteiger partial charge on any atom is -0.363 e. The summed E-state index contributed by atoms with van der Waals surface area (Å²) in [6.07, 6.45) is 5.00. The zero-order valence-electron chi connectivity index (χ0n) is 10.3. The molecule has 0 aliphatic rings. The molecule has 2 heterocycles. The molecule has 3 aromatic rings. The van der Waals surface area contributed by atoms with Crippen molar-refractivity contribution in [3.63, 3.8) is 0 Å². The standard InChI is InChI=1S/C12H10N6O2/c19-18(20)10-3-1-9(2-4-10)7-14-11-12-16-15-8-17(12)6-5-13-11/h1-6,8H,7H2,(H,13,14). The Morgan fingerprint density at radius 1 is 1.30 bits per heavy atom. The van der Waals surface area contributed by atoms with Crippen LogP contribution in [0.25, 0.3) is 5.65 Å². The minimum atomic E-state index is -0.421. The summed E-state index contributed by atoms with van der Waals surface area (Å²) in [4.78, 5) is 14.3. The average molecular weight is 270 g/mol. The SMILES string of the molecule is O=[N+]([O-])c1ccc(CNc2nccn3cnnc23)cc1. The molecular weight excluding hydrogens is 260 g/mol. The van der Waals surface area contributed by atoms with Crippen LogP contribution in [0.2, 0.25) is 0 Å². The number of hydrogen-bond acceptors (Lipinski definition) is 6. The molecule has 0 radical (unpaired) electrons. The largest absolute Gasteiger partial charge is 0.363 e. The van der Waals surface area contributed by atoms with E-state index in [0.29, 0.717) is 18.0 Å². The van der Waals surface area contributed by atoms with Gasteiger partial charge < -0.3 is 5.32 Å². The molecule has 0 spiro atoms. The molecule has 0 aliphatic carbocycles. The van der Waals surface area contributed by atoms with Gasteiger partial charge in [-0.15, -0.1) is 10.2 Å². The predicted molar refractivity (Wildman–Crippen MR) is 71.2 cm³/mol. The second-order valence-electron chi connectivity index (χ2n) is 4.11. The van der Waals surface area contributed by atoms with E-state index in [2.05, 4.69) is 20.5 Å². The average Bonchev–Trinajstić information content (AvgIpc) is 2.94. The van der Waals surface area contributed by atoms with Crippen LogP contribution in [0.5, 0.6) is 0 Å². The van der Waals surface area contributed by atoms with E-state index in [4.69, 9.17) is 0 Å². The number of nitro groups is 1. The van der Waals surface area contributed by atoms with Crippen molar-refractivity contribution in [1.29, 1.82) is 0 Å². The number of anilines is 1. The Morgan fingerprint density at radius 2 is 2.10 bits per heavy atom. The lowest BCUT2D eigenvalue weighted by Crippen LogP contribution is -2.03. The lowest BCUT2D eigenvalue weighted by Gasteiger charge is -2.06. The number of fused-ring (bicyclic) bond motifs is 1. The van der Waals surface area contributed by atoms with Gasteiger partial charge in [0.1, 0.15) is 6.33 Å². The molecule has 0 aliphatic heterocycles. The Kier molecular flexibility index (Phi) is 2.96. The number of non-ortho nitro benzene ring substituents is 1. The third kappa shape index (κ3) is 2.26. The molecule has 0 atom stereocenters. The van der Waals surface area contributed by atoms with Crippen LogP contribution in [0.1, 0.15) is 5.56 Å². The topological polar surface area (TPSA) is 98.2 Å². The molecule has 0 bridgehead atoms. The highest BCUT2D eigenvalue weighted by Gasteiger charge is 2.06. The van der Waals surface area contributed by atoms with Crippen molar-refractivity contribution in [1.82, 2.24) is 19.6 Å². The number of benzene rings is 1. The quantitative estimate of drug-likeness (QED) is 0.571. The van der Waals surface area contributed by atoms with Gasteiger partial charge in [0, 0.05) is 31.1 Å². The van der Waals surface area contributed by atoms with Crippen molar-refractivity contribution in [3.05, 3.63) is 58.7 Å². The number of nitrogens with zero attached hydrogens (tertiary/aromatic N) is 5. The fourth-order valence-electron chi connectivity index (χ4n) is 1.80. The first-order valence-electron chi connectivity index (χ1n) is 5.85. The van der Waals surface area contributed by atoms with Crippen LogP contribution in [-0.4, -0.2) is 24.5 Å². The van der Waals surface area contributed by atoms with Gasteiger partial charge in [0.05, 0.1) is 4.92 Å². The van der Waals surface area contributed by atoms with Crippen LogP contribution >= 0.6 is 0 Å². The van der Waals surface area contributed by atoms with Crippen molar-refractivity contribution in [3.8, 4) is 0 Å². The Bertz CT molecular complexity index is 752. The minimum absolute atomic E-state index is 0.0754. The molecule has 0 unspecified atom stereocenters. The van der Waals surface area contributed by atoms with E-state index in [9.17, 15) is 10.1 Å². The molecule has 20 heavy (non-hydrogen) atoms. The lowest BCUT2D eigenvalue weighted by molar-refractivity contribution is -0.384. The molecule has 8 heteroatoms. The van der Waals surface area contributed by atoms with E-state index in [1.165, 1.54) is 12.1 Å². The van der Waals surface area contributed by atoms with Crippen molar-refractivity contribution >= 4 is 17.2 Å². The molecule has 0 fully saturated rings. The smallest absolute Gasteiger partial charge is 0.269 e. The summed E-state index contributed by atoms with van der Waals surface area (Å²) in [7, 11) is 0. The molecular formula is C12H10N6O2. The van der Waals surface area contributed by atoms with Gasteiger partial charge in [0.2, 0.25) is 5.65 Å². The zero-order valence-corrected chi connectivity index (χ0v) is 10.3. The highest BCUT2D eigenvalue weighted by atomic mass is 16.6. The molecule has 8 nitrogen and oxygen atoms in total. The third-order valence-corrected chi connectivity index (χ3v) is 2.82. The second kappa shape index (κ2) is 4.92. The number of hydrogen-bond donors (Lipinski definition) is 1. The summed E-state index contributed by atoms with van der Waals surface area (Å²) in [5, 5.41) is 21.5. The van der Waals surface area contributed by atoms with E-state index >= 15 is 0 Å². The number of nitro benzene ring substituents is 1. The highest BCUT2D eigenvalue weighted by Crippen LogP contribution is 2.14. The van der Waals surface area contributed by atoms with Crippen molar-refractivity contribution in [2.24, 2.45) is 0 Å². The Labute approximate surface area is 113 Å². The van der Waals surface area contributed by atoms with Gasteiger partial charge in [-0.05, 0) is 5.56 Å². The summed E-state index contributed by atoms with van der Waals surface area (Å²) < 4.78 is 1.76. The molecule has 1 aromatic carbocycles. The second-order valence-corrected chi connectivity index (χ2v) is 4.11. The lowest BCUT2D eigenvalue weighted by atomic mass is 10.2. The molecule has 2 aromatic heterocycles. The molecule has 0 amide bonds. The summed E-state index contributed by atoms with van der Waals surface area (Å²) in [6, 6.07) is 6.36. The van der Waals surface area contributed by atoms with E-state index < -0.39 is 4.92 Å². The van der Waals surface area contributed by atoms with Gasteiger partial charge in [-0.25, -0.2) is 4.98 Å². The fourth-order valence-corrected chi connectivity index (χ4v) is 1.80. The van der Waals surface area contributed by atoms with Crippen molar-refractivity contribution in [2.75, 3.05) is 5.32 Å². The van der Waals surface area contributed by atoms with E-state index in [0.717, 1.165) is 5.56 Å². The fraction of sp³-hybridized carbons (Fsp3) is 0.0833. The van der Waals surface area contributed by atoms with Crippen LogP contribution in [0.4, 0.5) is 11.5 Å². The molecule has 1 N–H and O–H groups in total. The molecule has 0 saturated carbocycles. The number of aromatic nitrogens is 4. The maximum Gasteiger partial charge on any atom is 0.269 e. The molecule has 0 saturated heterocycles. The normalized spacial score (nSPS) is 10.6. The Morgan fingerprint density at radius 3 is 2.85 bits per heavy atom. The van der Waals surface area contributed by atoms with E-state index in [-0.39, 0.29) is 5.69 Å². The molecule has 3 rings (SSSR count). The van der Waals surface area contributed by atoms with Gasteiger partial charge in [-0.3, -0.25) is 14.5 Å². The first-order valence-corrected chi connectivity index (χ1v) is 5.85. The highest BCUT2D eigenvalue weighted by molar-refractivity contribution is 5.61. The van der Waals surface area contributed by atoms with Gasteiger partial charge in [-0.2, -0.15) is 0 Å². The van der Waals surface area contributed by atoms with Gasteiger partial charge in [0.15, 0.2) is 5.82 Å². The Balaban J connectivity index is 1.76. The van der Waals surface area contributed by atoms with Gasteiger partial charge in [0.25, 0.3) is 5.69 Å². The summed E-state index contributed by atoms with van der Waals surface area (Å²) in [6.45, 7) is 0.498. The van der Waals surface area contributed by atoms with E-state index in [1.54, 1.807) is 35.3 Å². The van der Waals surface area contributed by atoms with Crippen molar-refractivity contribution < 1.29 is 4.92 Å². The van der Waals surface area contributed by atoms with E-state index in [1.807, 2.05) is 0 Å². The maximum atomic E-state index is 10.6. The first-order chi connectivity index (χ1) is 9.74. The summed E-state index contributed by atoms with van der Waals surface area (Å²) in [5.74, 6) is 0.614. The van der Waals surface area contributed by atoms with Crippen LogP contribution in [0, 0.1) is 10.1 Å². The third-order valence-electron chi connectivity index (χ3n) is 2.82. The summed E-state index contributed by atoms with van der Waals surface area (Å²) >= 11 is 0. The number of nitrogens with one attached hydrogen (secondary N) is 1. The monoisotopic (exact) mass is 270 g/mol. The maximum absolute atomic E-state index is 10.6. The summed E-state index contributed by atoms with van der Waals surface area (Å²) in [5.41, 5.74) is 1.62. The van der Waals surface area contributed by atoms with Crippen molar-refractivity contribution in [2.45, 2.75) is 6.54 Å². The zero-order chi connectivity index (χ0) is 13.9. The molecule has 100 valence electrons. The van der Waals surface area contributed by atoms with Gasteiger partial charge >= 0.3 is 0 Å². The predicted octanol–water partition coefficient (Wildman–Crippen LogP) is 1.64. The number of rotatable bonds is 4.